The van der Waals surface area contributed by atoms with Crippen molar-refractivity contribution >= 4 is 11.6 Å². The summed E-state index contributed by atoms with van der Waals surface area (Å²) in [5.74, 6) is -0.388. The molecule has 0 saturated carbocycles. The van der Waals surface area contributed by atoms with Crippen LogP contribution in [-0.2, 0) is 17.5 Å². The van der Waals surface area contributed by atoms with Crippen molar-refractivity contribution in [1.29, 1.82) is 0 Å². The minimum atomic E-state index is -4.42. The van der Waals surface area contributed by atoms with Crippen LogP contribution in [-0.4, -0.2) is 5.91 Å². The number of aromatic nitrogens is 1. The van der Waals surface area contributed by atoms with E-state index < -0.39 is 11.7 Å². The Morgan fingerprint density at radius 2 is 1.80 bits per heavy atom. The molecule has 20 heavy (non-hydrogen) atoms. The maximum Gasteiger partial charge on any atom is 0.416 e. The lowest BCUT2D eigenvalue weighted by molar-refractivity contribution is -0.684. The average Bonchev–Trinajstić information content (AvgIpc) is 2.39. The van der Waals surface area contributed by atoms with Gasteiger partial charge in [-0.25, -0.2) is 0 Å². The van der Waals surface area contributed by atoms with Gasteiger partial charge in [-0.15, -0.1) is 0 Å². The van der Waals surface area contributed by atoms with Crippen LogP contribution in [0.2, 0.25) is 0 Å². The lowest BCUT2D eigenvalue weighted by Gasteiger charge is -2.09. The Hall–Kier alpha value is -2.37. The van der Waals surface area contributed by atoms with Crippen LogP contribution in [0, 0.1) is 0 Å². The van der Waals surface area contributed by atoms with E-state index in [-0.39, 0.29) is 18.1 Å². The molecule has 0 bridgehead atoms. The van der Waals surface area contributed by atoms with E-state index in [1.165, 1.54) is 12.1 Å². The quantitative estimate of drug-likeness (QED) is 0.862. The molecule has 0 fully saturated rings. The fraction of sp³-hybridized carbons (Fsp3) is 0.143. The van der Waals surface area contributed by atoms with Gasteiger partial charge in [0, 0.05) is 17.8 Å². The minimum absolute atomic E-state index is 0.0388. The van der Waals surface area contributed by atoms with E-state index in [0.29, 0.717) is 0 Å². The van der Waals surface area contributed by atoms with Gasteiger partial charge in [-0.05, 0) is 18.2 Å². The molecular weight excluding hydrogens is 269 g/mol. The molecule has 1 N–H and O–H groups in total. The molecular formula is C14H12F3N2O+. The summed E-state index contributed by atoms with van der Waals surface area (Å²) in [6.45, 7) is 0.0388. The highest BCUT2D eigenvalue weighted by Crippen LogP contribution is 2.30. The van der Waals surface area contributed by atoms with Crippen LogP contribution >= 0.6 is 0 Å². The van der Waals surface area contributed by atoms with E-state index in [2.05, 4.69) is 5.32 Å². The Morgan fingerprint density at radius 3 is 2.45 bits per heavy atom. The summed E-state index contributed by atoms with van der Waals surface area (Å²) in [4.78, 5) is 11.7. The van der Waals surface area contributed by atoms with E-state index in [9.17, 15) is 18.0 Å². The molecule has 2 rings (SSSR count). The number of alkyl halides is 3. The van der Waals surface area contributed by atoms with Gasteiger partial charge in [-0.1, -0.05) is 12.1 Å². The number of hydrogen-bond acceptors (Lipinski definition) is 1. The molecule has 0 unspecified atom stereocenters. The fourth-order valence-electron chi connectivity index (χ4n) is 1.68. The Morgan fingerprint density at radius 1 is 1.10 bits per heavy atom. The number of nitrogens with zero attached hydrogens (tertiary/aromatic N) is 1. The SMILES string of the molecule is O=C(C[n+]1ccccc1)Nc1cccc(C(F)(F)F)c1. The Labute approximate surface area is 113 Å². The van der Waals surface area contributed by atoms with E-state index in [4.69, 9.17) is 0 Å². The van der Waals surface area contributed by atoms with Crippen LogP contribution in [0.25, 0.3) is 0 Å². The first kappa shape index (κ1) is 14.0. The molecule has 1 aromatic carbocycles. The van der Waals surface area contributed by atoms with Crippen molar-refractivity contribution < 1.29 is 22.5 Å². The summed E-state index contributed by atoms with van der Waals surface area (Å²) in [6.07, 6.45) is -1.02. The third-order valence-electron chi connectivity index (χ3n) is 2.58. The molecule has 1 aromatic heterocycles. The highest BCUT2D eigenvalue weighted by Gasteiger charge is 2.30. The first-order chi connectivity index (χ1) is 9.45. The molecule has 0 saturated heterocycles. The van der Waals surface area contributed by atoms with Crippen molar-refractivity contribution in [3.8, 4) is 0 Å². The highest BCUT2D eigenvalue weighted by molar-refractivity contribution is 5.89. The zero-order valence-corrected chi connectivity index (χ0v) is 10.4. The molecule has 1 heterocycles. The summed E-state index contributed by atoms with van der Waals surface area (Å²) in [7, 11) is 0. The second-order valence-electron chi connectivity index (χ2n) is 4.17. The zero-order valence-electron chi connectivity index (χ0n) is 10.4. The number of rotatable bonds is 3. The van der Waals surface area contributed by atoms with Gasteiger partial charge >= 0.3 is 6.18 Å². The molecule has 104 valence electrons. The predicted molar refractivity (Wildman–Crippen MR) is 66.7 cm³/mol. The molecule has 3 nitrogen and oxygen atoms in total. The maximum atomic E-state index is 12.5. The third kappa shape index (κ3) is 3.81. The van der Waals surface area contributed by atoms with Crippen LogP contribution in [0.4, 0.5) is 18.9 Å². The normalized spacial score (nSPS) is 11.2. The van der Waals surface area contributed by atoms with Gasteiger partial charge in [0.15, 0.2) is 12.4 Å². The number of pyridine rings is 1. The van der Waals surface area contributed by atoms with Crippen molar-refractivity contribution in [1.82, 2.24) is 0 Å². The number of benzene rings is 1. The molecule has 0 atom stereocenters. The first-order valence-corrected chi connectivity index (χ1v) is 5.86. The smallest absolute Gasteiger partial charge is 0.321 e. The largest absolute Gasteiger partial charge is 0.416 e. The topological polar surface area (TPSA) is 33.0 Å². The summed E-state index contributed by atoms with van der Waals surface area (Å²) in [5.41, 5.74) is -0.663. The number of carbonyl (C=O) groups is 1. The van der Waals surface area contributed by atoms with Crippen LogP contribution < -0.4 is 9.88 Å². The number of anilines is 1. The van der Waals surface area contributed by atoms with E-state index in [1.807, 2.05) is 0 Å². The molecule has 0 spiro atoms. The Balaban J connectivity index is 2.05. The molecule has 2 aromatic rings. The van der Waals surface area contributed by atoms with Gasteiger partial charge in [-0.2, -0.15) is 17.7 Å². The van der Waals surface area contributed by atoms with Crippen molar-refractivity contribution in [2.45, 2.75) is 12.7 Å². The predicted octanol–water partition coefficient (Wildman–Crippen LogP) is 2.63. The van der Waals surface area contributed by atoms with E-state index in [1.54, 1.807) is 35.2 Å². The van der Waals surface area contributed by atoms with Gasteiger partial charge in [0.05, 0.1) is 5.56 Å². The lowest BCUT2D eigenvalue weighted by atomic mass is 10.2. The second kappa shape index (κ2) is 5.73. The summed E-state index contributed by atoms with van der Waals surface area (Å²) >= 11 is 0. The second-order valence-corrected chi connectivity index (χ2v) is 4.17. The fourth-order valence-corrected chi connectivity index (χ4v) is 1.68. The van der Waals surface area contributed by atoms with Gasteiger partial charge in [0.2, 0.25) is 6.54 Å². The van der Waals surface area contributed by atoms with Crippen LogP contribution in [0.1, 0.15) is 5.56 Å². The number of halogens is 3. The van der Waals surface area contributed by atoms with E-state index in [0.717, 1.165) is 12.1 Å². The highest BCUT2D eigenvalue weighted by atomic mass is 19.4. The van der Waals surface area contributed by atoms with Crippen LogP contribution in [0.15, 0.2) is 54.9 Å². The standard InChI is InChI=1S/C14H11F3N2O/c15-14(16,17)11-5-4-6-12(9-11)18-13(20)10-19-7-2-1-3-8-19/h1-9H,10H2/p+1. The number of amides is 1. The lowest BCUT2D eigenvalue weighted by Crippen LogP contribution is -2.39. The summed E-state index contributed by atoms with van der Waals surface area (Å²) in [6, 6.07) is 9.88. The number of hydrogen-bond donors (Lipinski definition) is 1. The Bertz CT molecular complexity index is 597. The third-order valence-corrected chi connectivity index (χ3v) is 2.58. The number of nitrogens with one attached hydrogen (secondary N) is 1. The summed E-state index contributed by atoms with van der Waals surface area (Å²) in [5, 5.41) is 2.44. The van der Waals surface area contributed by atoms with Gasteiger partial charge in [0.25, 0.3) is 5.91 Å². The molecule has 0 aliphatic carbocycles. The average molecular weight is 281 g/mol. The van der Waals surface area contributed by atoms with Crippen molar-refractivity contribution in [2.75, 3.05) is 5.32 Å². The van der Waals surface area contributed by atoms with Gasteiger partial charge in [0.1, 0.15) is 0 Å². The molecule has 0 aliphatic rings. The van der Waals surface area contributed by atoms with Gasteiger partial charge in [-0.3, -0.25) is 4.79 Å². The molecule has 0 radical (unpaired) electrons. The van der Waals surface area contributed by atoms with Crippen LogP contribution in [0.3, 0.4) is 0 Å². The zero-order chi connectivity index (χ0) is 14.6. The Kier molecular flexibility index (Phi) is 4.02. The van der Waals surface area contributed by atoms with Crippen molar-refractivity contribution in [3.63, 3.8) is 0 Å². The van der Waals surface area contributed by atoms with Crippen LogP contribution in [0.5, 0.6) is 0 Å². The molecule has 1 amide bonds. The van der Waals surface area contributed by atoms with Crippen molar-refractivity contribution in [3.05, 3.63) is 60.4 Å². The molecule has 0 aliphatic heterocycles. The van der Waals surface area contributed by atoms with Gasteiger partial charge < -0.3 is 5.32 Å². The molecule has 6 heteroatoms. The number of carbonyl (C=O) groups excluding carboxylic acids is 1. The minimum Gasteiger partial charge on any atom is -0.321 e. The monoisotopic (exact) mass is 281 g/mol. The first-order valence-electron chi connectivity index (χ1n) is 5.86. The maximum absolute atomic E-state index is 12.5. The van der Waals surface area contributed by atoms with E-state index >= 15 is 0 Å². The van der Waals surface area contributed by atoms with Crippen molar-refractivity contribution in [2.24, 2.45) is 0 Å². The summed E-state index contributed by atoms with van der Waals surface area (Å²) < 4.78 is 39.2.